The molecule has 6 nitrogen and oxygen atoms in total. The number of nitrogens with two attached hydrogens (primary N) is 1. The van der Waals surface area contributed by atoms with Crippen molar-refractivity contribution >= 4 is 17.6 Å². The molecule has 1 atom stereocenters. The highest BCUT2D eigenvalue weighted by molar-refractivity contribution is 5.91. The van der Waals surface area contributed by atoms with Crippen molar-refractivity contribution < 1.29 is 18.7 Å². The van der Waals surface area contributed by atoms with E-state index in [9.17, 15) is 9.18 Å². The van der Waals surface area contributed by atoms with Gasteiger partial charge in [0.1, 0.15) is 11.5 Å². The Morgan fingerprint density at radius 1 is 1.60 bits per heavy atom. The Morgan fingerprint density at radius 2 is 2.40 bits per heavy atom. The number of morpholine rings is 1. The molecule has 0 aliphatic carbocycles. The van der Waals surface area contributed by atoms with Gasteiger partial charge in [-0.3, -0.25) is 0 Å². The van der Waals surface area contributed by atoms with Crippen LogP contribution in [-0.2, 0) is 9.47 Å². The molecule has 0 saturated carbocycles. The summed E-state index contributed by atoms with van der Waals surface area (Å²) < 4.78 is 24.2. The topological polar surface area (TPSA) is 77.2 Å². The second kappa shape index (κ2) is 4.75. The zero-order chi connectivity index (χ0) is 14.3. The van der Waals surface area contributed by atoms with Crippen LogP contribution in [0.4, 0.5) is 10.1 Å². The van der Waals surface area contributed by atoms with Crippen molar-refractivity contribution in [1.29, 1.82) is 0 Å². The summed E-state index contributed by atoms with van der Waals surface area (Å²) in [5.74, 6) is -0.899. The Hall–Kier alpha value is -2.15. The van der Waals surface area contributed by atoms with Crippen LogP contribution in [0.5, 0.6) is 0 Å². The first-order valence-electron chi connectivity index (χ1n) is 6.22. The first kappa shape index (κ1) is 12.9. The first-order valence-corrected chi connectivity index (χ1v) is 6.22. The van der Waals surface area contributed by atoms with Gasteiger partial charge in [-0.15, -0.1) is 0 Å². The number of carbonyl (C=O) groups excluding carboxylic acids is 1. The molecule has 0 unspecified atom stereocenters. The highest BCUT2D eigenvalue weighted by atomic mass is 19.1. The highest BCUT2D eigenvalue weighted by Gasteiger charge is 2.33. The summed E-state index contributed by atoms with van der Waals surface area (Å²) in [6, 6.07) is 2.48. The average Bonchev–Trinajstić information content (AvgIpc) is 2.47. The van der Waals surface area contributed by atoms with Gasteiger partial charge >= 0.3 is 5.97 Å². The summed E-state index contributed by atoms with van der Waals surface area (Å²) in [6.07, 6.45) is 0. The van der Waals surface area contributed by atoms with Crippen LogP contribution in [0, 0.1) is 5.82 Å². The fourth-order valence-electron chi connectivity index (χ4n) is 2.54. The Balaban J connectivity index is 2.13. The Bertz CT molecular complexity index is 603. The highest BCUT2D eigenvalue weighted by Crippen LogP contribution is 2.38. The Kier molecular flexibility index (Phi) is 3.06. The number of benzene rings is 1. The molecular formula is C13H14FN3O3. The first-order chi connectivity index (χ1) is 9.61. The van der Waals surface area contributed by atoms with Gasteiger partial charge in [0, 0.05) is 12.1 Å². The minimum absolute atomic E-state index is 0.157. The van der Waals surface area contributed by atoms with Crippen molar-refractivity contribution in [2.45, 2.75) is 6.04 Å². The van der Waals surface area contributed by atoms with Gasteiger partial charge in [-0.05, 0) is 12.1 Å². The van der Waals surface area contributed by atoms with Gasteiger partial charge < -0.3 is 20.1 Å². The third-order valence-electron chi connectivity index (χ3n) is 3.52. The van der Waals surface area contributed by atoms with Gasteiger partial charge in [0.25, 0.3) is 0 Å². The van der Waals surface area contributed by atoms with Crippen LogP contribution in [0.25, 0.3) is 0 Å². The summed E-state index contributed by atoms with van der Waals surface area (Å²) in [7, 11) is 1.26. The van der Waals surface area contributed by atoms with Crippen molar-refractivity contribution in [3.05, 3.63) is 29.1 Å². The lowest BCUT2D eigenvalue weighted by atomic mass is 9.98. The van der Waals surface area contributed by atoms with Gasteiger partial charge in [-0.25, -0.2) is 14.2 Å². The van der Waals surface area contributed by atoms with Crippen molar-refractivity contribution in [3.8, 4) is 0 Å². The molecule has 1 fully saturated rings. The summed E-state index contributed by atoms with van der Waals surface area (Å²) in [5.41, 5.74) is 6.78. The maximum absolute atomic E-state index is 14.1. The van der Waals surface area contributed by atoms with E-state index in [1.807, 2.05) is 4.90 Å². The maximum atomic E-state index is 14.1. The third-order valence-corrected chi connectivity index (χ3v) is 3.52. The van der Waals surface area contributed by atoms with Crippen molar-refractivity contribution in [2.24, 2.45) is 10.7 Å². The summed E-state index contributed by atoms with van der Waals surface area (Å²) in [6.45, 7) is 1.51. The van der Waals surface area contributed by atoms with Crippen LogP contribution in [0.15, 0.2) is 17.1 Å². The quantitative estimate of drug-likeness (QED) is 0.774. The number of guanidine groups is 1. The number of methoxy groups -OCH3 is 1. The Labute approximate surface area is 115 Å². The predicted octanol–water partition coefficient (Wildman–Crippen LogP) is 0.945. The van der Waals surface area contributed by atoms with Gasteiger partial charge in [0.2, 0.25) is 0 Å². The second-order valence-electron chi connectivity index (χ2n) is 4.64. The molecule has 20 heavy (non-hydrogen) atoms. The summed E-state index contributed by atoms with van der Waals surface area (Å²) >= 11 is 0. The maximum Gasteiger partial charge on any atom is 0.337 e. The van der Waals surface area contributed by atoms with E-state index in [2.05, 4.69) is 9.73 Å². The van der Waals surface area contributed by atoms with Gasteiger partial charge in [-0.2, -0.15) is 0 Å². The van der Waals surface area contributed by atoms with Crippen LogP contribution in [0.1, 0.15) is 22.0 Å². The number of esters is 1. The number of hydrogen-bond donors (Lipinski definition) is 1. The minimum atomic E-state index is -0.587. The lowest BCUT2D eigenvalue weighted by molar-refractivity contribution is 0.0239. The molecule has 0 spiro atoms. The van der Waals surface area contributed by atoms with E-state index >= 15 is 0 Å². The molecular weight excluding hydrogens is 265 g/mol. The summed E-state index contributed by atoms with van der Waals surface area (Å²) in [5, 5.41) is 0. The molecule has 7 heteroatoms. The van der Waals surface area contributed by atoms with E-state index in [4.69, 9.17) is 10.5 Å². The number of fused-ring (bicyclic) bond motifs is 3. The van der Waals surface area contributed by atoms with E-state index in [-0.39, 0.29) is 23.3 Å². The van der Waals surface area contributed by atoms with Crippen molar-refractivity contribution in [3.63, 3.8) is 0 Å². The van der Waals surface area contributed by atoms with Crippen molar-refractivity contribution in [1.82, 2.24) is 4.90 Å². The van der Waals surface area contributed by atoms with Crippen LogP contribution in [0.3, 0.4) is 0 Å². The van der Waals surface area contributed by atoms with Crippen LogP contribution >= 0.6 is 0 Å². The average molecular weight is 279 g/mol. The largest absolute Gasteiger partial charge is 0.465 e. The summed E-state index contributed by atoms with van der Waals surface area (Å²) in [4.78, 5) is 17.5. The fourth-order valence-corrected chi connectivity index (χ4v) is 2.54. The number of rotatable bonds is 1. The number of nitrogens with zero attached hydrogens (tertiary/aromatic N) is 2. The van der Waals surface area contributed by atoms with Crippen LogP contribution < -0.4 is 5.73 Å². The molecule has 3 rings (SSSR count). The van der Waals surface area contributed by atoms with Gasteiger partial charge in [0.15, 0.2) is 5.96 Å². The van der Waals surface area contributed by atoms with E-state index in [0.717, 1.165) is 6.07 Å². The van der Waals surface area contributed by atoms with E-state index in [1.54, 1.807) is 6.07 Å². The number of ether oxygens (including phenoxy) is 2. The third kappa shape index (κ3) is 1.90. The van der Waals surface area contributed by atoms with Crippen LogP contribution in [0.2, 0.25) is 0 Å². The smallest absolute Gasteiger partial charge is 0.337 e. The van der Waals surface area contributed by atoms with E-state index < -0.39 is 11.8 Å². The molecule has 2 aliphatic rings. The lowest BCUT2D eigenvalue weighted by Crippen LogP contribution is -2.48. The second-order valence-corrected chi connectivity index (χ2v) is 4.64. The number of aliphatic imine (C=N–C) groups is 1. The van der Waals surface area contributed by atoms with E-state index in [1.165, 1.54) is 7.11 Å². The van der Waals surface area contributed by atoms with Crippen LogP contribution in [-0.4, -0.2) is 43.7 Å². The molecule has 0 aromatic heterocycles. The monoisotopic (exact) mass is 279 g/mol. The van der Waals surface area contributed by atoms with Gasteiger partial charge in [0.05, 0.1) is 31.9 Å². The minimum Gasteiger partial charge on any atom is -0.465 e. The number of halogens is 1. The standard InChI is InChI=1S/C13H14FN3O3/c1-19-12(18)7-4-8-10-6-20-3-2-17(10)13(15)16-11(8)9(14)5-7/h4-5,10H,2-3,6H2,1H3,(H2,15,16)/t10-/m0/s1. The normalized spacial score (nSPS) is 20.8. The SMILES string of the molecule is COC(=O)c1cc(F)c2c(c1)[C@@H]1COCCN1C(N)=N2. The zero-order valence-corrected chi connectivity index (χ0v) is 10.9. The lowest BCUT2D eigenvalue weighted by Gasteiger charge is -2.39. The fraction of sp³-hybridized carbons (Fsp3) is 0.385. The molecule has 0 amide bonds. The molecule has 0 radical (unpaired) electrons. The molecule has 0 bridgehead atoms. The molecule has 106 valence electrons. The van der Waals surface area contributed by atoms with Crippen molar-refractivity contribution in [2.75, 3.05) is 26.9 Å². The molecule has 2 aliphatic heterocycles. The predicted molar refractivity (Wildman–Crippen MR) is 69.3 cm³/mol. The Morgan fingerprint density at radius 3 is 3.15 bits per heavy atom. The van der Waals surface area contributed by atoms with Gasteiger partial charge in [-0.1, -0.05) is 0 Å². The molecule has 2 heterocycles. The molecule has 1 aromatic carbocycles. The zero-order valence-electron chi connectivity index (χ0n) is 10.9. The number of hydrogen-bond acceptors (Lipinski definition) is 6. The molecule has 1 saturated heterocycles. The van der Waals surface area contributed by atoms with E-state index in [0.29, 0.717) is 25.3 Å². The molecule has 1 aromatic rings. The molecule has 2 N–H and O–H groups in total. The number of carbonyl (C=O) groups is 1.